The van der Waals surface area contributed by atoms with E-state index in [-0.39, 0.29) is 18.5 Å². The lowest BCUT2D eigenvalue weighted by molar-refractivity contribution is -0.132. The molecular formula is C16H23N3O3. The Balaban J connectivity index is 2.24. The molecule has 0 aromatic heterocycles. The minimum absolute atomic E-state index is 0.235. The van der Waals surface area contributed by atoms with Gasteiger partial charge in [-0.25, -0.2) is 4.79 Å². The van der Waals surface area contributed by atoms with Gasteiger partial charge in [-0.05, 0) is 38.0 Å². The summed E-state index contributed by atoms with van der Waals surface area (Å²) in [5, 5.41) is 2.77. The zero-order valence-electron chi connectivity index (χ0n) is 13.3. The molecule has 2 rings (SSSR count). The van der Waals surface area contributed by atoms with Crippen LogP contribution in [0.2, 0.25) is 0 Å². The van der Waals surface area contributed by atoms with Crippen LogP contribution in [-0.4, -0.2) is 36.0 Å². The first-order valence-electron chi connectivity index (χ1n) is 7.53. The predicted octanol–water partition coefficient (Wildman–Crippen LogP) is 1.59. The molecule has 0 spiro atoms. The average Bonchev–Trinajstić information content (AvgIpc) is 2.75. The van der Waals surface area contributed by atoms with Crippen molar-refractivity contribution in [3.8, 4) is 5.75 Å². The molecule has 1 aromatic carbocycles. The van der Waals surface area contributed by atoms with E-state index in [0.29, 0.717) is 6.61 Å². The van der Waals surface area contributed by atoms with E-state index in [9.17, 15) is 9.59 Å². The highest BCUT2D eigenvalue weighted by Crippen LogP contribution is 2.30. The summed E-state index contributed by atoms with van der Waals surface area (Å²) >= 11 is 0. The molecule has 0 bridgehead atoms. The highest BCUT2D eigenvalue weighted by molar-refractivity contribution is 6.07. The number of ether oxygens (including phenoxy) is 1. The standard InChI is InChI=1S/C16H23N3O3/c1-4-9-22-13-7-5-12(6-8-13)16(3)14(20)19(11(2)10-17)15(21)18-16/h5-8,11H,4,9-10,17H2,1-3H3,(H,18,21). The molecule has 120 valence electrons. The summed E-state index contributed by atoms with van der Waals surface area (Å²) in [5.41, 5.74) is 5.24. The summed E-state index contributed by atoms with van der Waals surface area (Å²) in [6.45, 7) is 6.38. The van der Waals surface area contributed by atoms with Crippen molar-refractivity contribution >= 4 is 11.9 Å². The topological polar surface area (TPSA) is 84.7 Å². The minimum Gasteiger partial charge on any atom is -0.494 e. The smallest absolute Gasteiger partial charge is 0.325 e. The van der Waals surface area contributed by atoms with Gasteiger partial charge in [-0.15, -0.1) is 0 Å². The van der Waals surface area contributed by atoms with Crippen LogP contribution in [0.1, 0.15) is 32.8 Å². The van der Waals surface area contributed by atoms with Gasteiger partial charge in [0.05, 0.1) is 12.6 Å². The highest BCUT2D eigenvalue weighted by Gasteiger charge is 2.50. The van der Waals surface area contributed by atoms with Crippen LogP contribution in [0, 0.1) is 0 Å². The molecule has 22 heavy (non-hydrogen) atoms. The second kappa shape index (κ2) is 6.36. The third-order valence-corrected chi connectivity index (χ3v) is 3.91. The number of nitrogens with two attached hydrogens (primary N) is 1. The Labute approximate surface area is 130 Å². The van der Waals surface area contributed by atoms with Crippen molar-refractivity contribution in [3.05, 3.63) is 29.8 Å². The average molecular weight is 305 g/mol. The Bertz CT molecular complexity index is 558. The van der Waals surface area contributed by atoms with E-state index in [4.69, 9.17) is 10.5 Å². The Kier molecular flexibility index (Phi) is 4.71. The van der Waals surface area contributed by atoms with Crippen LogP contribution in [-0.2, 0) is 10.3 Å². The summed E-state index contributed by atoms with van der Waals surface area (Å²) in [5.74, 6) is 0.468. The zero-order chi connectivity index (χ0) is 16.3. The lowest BCUT2D eigenvalue weighted by Gasteiger charge is -2.24. The summed E-state index contributed by atoms with van der Waals surface area (Å²) in [4.78, 5) is 25.9. The third-order valence-electron chi connectivity index (χ3n) is 3.91. The van der Waals surface area contributed by atoms with E-state index in [2.05, 4.69) is 5.32 Å². The fraction of sp³-hybridized carbons (Fsp3) is 0.500. The van der Waals surface area contributed by atoms with Gasteiger partial charge in [0.2, 0.25) is 0 Å². The first-order chi connectivity index (χ1) is 10.4. The number of nitrogens with zero attached hydrogens (tertiary/aromatic N) is 1. The number of imide groups is 1. The highest BCUT2D eigenvalue weighted by atomic mass is 16.5. The van der Waals surface area contributed by atoms with Crippen molar-refractivity contribution in [3.63, 3.8) is 0 Å². The Hall–Kier alpha value is -2.08. The van der Waals surface area contributed by atoms with Gasteiger partial charge in [0.1, 0.15) is 11.3 Å². The Morgan fingerprint density at radius 2 is 1.95 bits per heavy atom. The molecule has 3 N–H and O–H groups in total. The van der Waals surface area contributed by atoms with Gasteiger partial charge in [-0.2, -0.15) is 0 Å². The maximum absolute atomic E-state index is 12.7. The van der Waals surface area contributed by atoms with Gasteiger partial charge >= 0.3 is 6.03 Å². The second-order valence-corrected chi connectivity index (χ2v) is 5.69. The van der Waals surface area contributed by atoms with Crippen molar-refractivity contribution in [2.24, 2.45) is 5.73 Å². The molecule has 1 heterocycles. The SMILES string of the molecule is CCCOc1ccc(C2(C)NC(=O)N(C(C)CN)C2=O)cc1. The van der Waals surface area contributed by atoms with Gasteiger partial charge in [0, 0.05) is 6.54 Å². The monoisotopic (exact) mass is 305 g/mol. The molecule has 1 saturated heterocycles. The quantitative estimate of drug-likeness (QED) is 0.782. The van der Waals surface area contributed by atoms with Crippen molar-refractivity contribution in [1.82, 2.24) is 10.2 Å². The number of nitrogens with one attached hydrogen (secondary N) is 1. The van der Waals surface area contributed by atoms with Gasteiger partial charge < -0.3 is 15.8 Å². The van der Waals surface area contributed by atoms with Crippen molar-refractivity contribution < 1.29 is 14.3 Å². The molecule has 1 fully saturated rings. The van der Waals surface area contributed by atoms with E-state index in [0.717, 1.165) is 17.7 Å². The summed E-state index contributed by atoms with van der Waals surface area (Å²) in [7, 11) is 0. The molecule has 6 heteroatoms. The zero-order valence-corrected chi connectivity index (χ0v) is 13.3. The fourth-order valence-corrected chi connectivity index (χ4v) is 2.47. The van der Waals surface area contributed by atoms with E-state index in [1.807, 2.05) is 19.1 Å². The minimum atomic E-state index is -1.07. The molecule has 1 aromatic rings. The van der Waals surface area contributed by atoms with Crippen molar-refractivity contribution in [2.45, 2.75) is 38.8 Å². The normalized spacial score (nSPS) is 22.6. The lowest BCUT2D eigenvalue weighted by Crippen LogP contribution is -2.44. The molecule has 2 atom stereocenters. The maximum Gasteiger partial charge on any atom is 0.325 e. The number of rotatable bonds is 6. The largest absolute Gasteiger partial charge is 0.494 e. The van der Waals surface area contributed by atoms with Crippen LogP contribution in [0.4, 0.5) is 4.79 Å². The number of benzene rings is 1. The summed E-state index contributed by atoms with van der Waals surface area (Å²) < 4.78 is 5.53. The number of carbonyl (C=O) groups excluding carboxylic acids is 2. The molecule has 3 amide bonds. The van der Waals surface area contributed by atoms with Crippen LogP contribution < -0.4 is 15.8 Å². The van der Waals surface area contributed by atoms with Crippen LogP contribution in [0.25, 0.3) is 0 Å². The summed E-state index contributed by atoms with van der Waals surface area (Å²) in [6, 6.07) is 6.49. The van der Waals surface area contributed by atoms with Gasteiger partial charge in [0.25, 0.3) is 5.91 Å². The number of carbonyl (C=O) groups is 2. The molecule has 1 aliphatic heterocycles. The number of amides is 3. The Morgan fingerprint density at radius 3 is 2.50 bits per heavy atom. The molecular weight excluding hydrogens is 282 g/mol. The first kappa shape index (κ1) is 16.3. The van der Waals surface area contributed by atoms with Gasteiger partial charge in [0.15, 0.2) is 0 Å². The molecule has 6 nitrogen and oxygen atoms in total. The second-order valence-electron chi connectivity index (χ2n) is 5.69. The molecule has 0 saturated carbocycles. The van der Waals surface area contributed by atoms with Crippen molar-refractivity contribution in [1.29, 1.82) is 0 Å². The van der Waals surface area contributed by atoms with Crippen LogP contribution in [0.3, 0.4) is 0 Å². The maximum atomic E-state index is 12.7. The van der Waals surface area contributed by atoms with Gasteiger partial charge in [-0.1, -0.05) is 19.1 Å². The molecule has 1 aliphatic rings. The third kappa shape index (κ3) is 2.78. The fourth-order valence-electron chi connectivity index (χ4n) is 2.47. The van der Waals surface area contributed by atoms with E-state index >= 15 is 0 Å². The molecule has 0 aliphatic carbocycles. The van der Waals surface area contributed by atoms with E-state index in [1.54, 1.807) is 26.0 Å². The van der Waals surface area contributed by atoms with E-state index in [1.165, 1.54) is 4.90 Å². The van der Waals surface area contributed by atoms with Crippen LogP contribution >= 0.6 is 0 Å². The number of hydrogen-bond acceptors (Lipinski definition) is 4. The summed E-state index contributed by atoms with van der Waals surface area (Å²) in [6.07, 6.45) is 0.931. The van der Waals surface area contributed by atoms with Crippen LogP contribution in [0.5, 0.6) is 5.75 Å². The van der Waals surface area contributed by atoms with Crippen LogP contribution in [0.15, 0.2) is 24.3 Å². The lowest BCUT2D eigenvalue weighted by atomic mass is 9.92. The molecule has 0 radical (unpaired) electrons. The number of urea groups is 1. The first-order valence-corrected chi connectivity index (χ1v) is 7.53. The Morgan fingerprint density at radius 1 is 1.32 bits per heavy atom. The van der Waals surface area contributed by atoms with Gasteiger partial charge in [-0.3, -0.25) is 9.69 Å². The number of hydrogen-bond donors (Lipinski definition) is 2. The predicted molar refractivity (Wildman–Crippen MR) is 83.5 cm³/mol. The van der Waals surface area contributed by atoms with E-state index < -0.39 is 11.6 Å². The van der Waals surface area contributed by atoms with Crippen molar-refractivity contribution in [2.75, 3.05) is 13.2 Å². The molecule has 2 unspecified atom stereocenters.